The molecular formula is C21H25NOS. The Bertz CT molecular complexity index is 753. The Kier molecular flexibility index (Phi) is 5.14. The first-order valence-corrected chi connectivity index (χ1v) is 9.60. The lowest BCUT2D eigenvalue weighted by Gasteiger charge is -2.32. The highest BCUT2D eigenvalue weighted by atomic mass is 32.2. The zero-order chi connectivity index (χ0) is 17.2. The Morgan fingerprint density at radius 3 is 2.42 bits per heavy atom. The van der Waals surface area contributed by atoms with Gasteiger partial charge in [0.2, 0.25) is 0 Å². The van der Waals surface area contributed by atoms with Gasteiger partial charge in [0.25, 0.3) is 0 Å². The maximum absolute atomic E-state index is 11.8. The highest BCUT2D eigenvalue weighted by molar-refractivity contribution is 7.98. The van der Waals surface area contributed by atoms with Crippen LogP contribution in [0.5, 0.6) is 0 Å². The van der Waals surface area contributed by atoms with Gasteiger partial charge in [-0.05, 0) is 74.1 Å². The van der Waals surface area contributed by atoms with Crippen molar-refractivity contribution in [1.82, 2.24) is 4.90 Å². The smallest absolute Gasteiger partial charge is 0.116 e. The van der Waals surface area contributed by atoms with Crippen molar-refractivity contribution < 1.29 is 5.11 Å². The molecule has 0 heterocycles. The Balaban J connectivity index is 2.12. The molecule has 2 aromatic carbocycles. The van der Waals surface area contributed by atoms with Gasteiger partial charge in [-0.2, -0.15) is 0 Å². The molecule has 0 saturated carbocycles. The molecule has 1 atom stereocenters. The molecule has 0 aliphatic heterocycles. The Hall–Kier alpha value is -1.55. The van der Waals surface area contributed by atoms with Crippen molar-refractivity contribution in [2.75, 3.05) is 26.9 Å². The van der Waals surface area contributed by atoms with E-state index in [2.05, 4.69) is 67.7 Å². The van der Waals surface area contributed by atoms with E-state index in [9.17, 15) is 5.11 Å². The van der Waals surface area contributed by atoms with E-state index >= 15 is 0 Å². The largest absolute Gasteiger partial charge is 0.380 e. The molecule has 0 fully saturated rings. The van der Waals surface area contributed by atoms with Crippen LogP contribution in [0.15, 0.2) is 47.4 Å². The fraction of sp³-hybridized carbons (Fsp3) is 0.333. The number of hydrogen-bond acceptors (Lipinski definition) is 3. The SMILES string of the molecule is CSc1ccc2c(c1)C(O)(CCCN(C)C)c1ccccc1C=C2. The summed E-state index contributed by atoms with van der Waals surface area (Å²) in [7, 11) is 4.15. The second kappa shape index (κ2) is 7.14. The molecule has 24 heavy (non-hydrogen) atoms. The number of fused-ring (bicyclic) bond motifs is 2. The highest BCUT2D eigenvalue weighted by Gasteiger charge is 2.35. The van der Waals surface area contributed by atoms with Crippen LogP contribution in [-0.4, -0.2) is 36.9 Å². The van der Waals surface area contributed by atoms with Crippen molar-refractivity contribution in [3.63, 3.8) is 0 Å². The van der Waals surface area contributed by atoms with Gasteiger partial charge in [0.05, 0.1) is 0 Å². The predicted octanol–water partition coefficient (Wildman–Crippen LogP) is 4.47. The average molecular weight is 340 g/mol. The van der Waals surface area contributed by atoms with E-state index in [1.54, 1.807) is 11.8 Å². The van der Waals surface area contributed by atoms with Crippen molar-refractivity contribution in [2.45, 2.75) is 23.3 Å². The summed E-state index contributed by atoms with van der Waals surface area (Å²) in [6, 6.07) is 14.6. The zero-order valence-corrected chi connectivity index (χ0v) is 15.4. The van der Waals surface area contributed by atoms with Gasteiger partial charge < -0.3 is 10.0 Å². The van der Waals surface area contributed by atoms with Gasteiger partial charge in [-0.3, -0.25) is 0 Å². The number of nitrogens with zero attached hydrogens (tertiary/aromatic N) is 1. The van der Waals surface area contributed by atoms with Crippen molar-refractivity contribution in [2.24, 2.45) is 0 Å². The minimum absolute atomic E-state index is 0.717. The third kappa shape index (κ3) is 3.30. The molecule has 0 saturated heterocycles. The zero-order valence-electron chi connectivity index (χ0n) is 14.6. The van der Waals surface area contributed by atoms with E-state index < -0.39 is 5.60 Å². The first-order valence-electron chi connectivity index (χ1n) is 8.38. The third-order valence-electron chi connectivity index (χ3n) is 4.70. The number of benzene rings is 2. The van der Waals surface area contributed by atoms with Gasteiger partial charge in [0, 0.05) is 4.90 Å². The molecular weight excluding hydrogens is 314 g/mol. The first kappa shape index (κ1) is 17.3. The van der Waals surface area contributed by atoms with Gasteiger partial charge >= 0.3 is 0 Å². The lowest BCUT2D eigenvalue weighted by Crippen LogP contribution is -2.30. The van der Waals surface area contributed by atoms with Crippen LogP contribution < -0.4 is 0 Å². The van der Waals surface area contributed by atoms with E-state index in [-0.39, 0.29) is 0 Å². The average Bonchev–Trinajstić information content (AvgIpc) is 2.70. The second-order valence-corrected chi connectivity index (χ2v) is 7.52. The molecule has 3 rings (SSSR count). The molecule has 0 bridgehead atoms. The molecule has 3 heteroatoms. The number of rotatable bonds is 5. The summed E-state index contributed by atoms with van der Waals surface area (Å²) in [5.41, 5.74) is 3.30. The van der Waals surface area contributed by atoms with Crippen LogP contribution >= 0.6 is 11.8 Å². The monoisotopic (exact) mass is 339 g/mol. The standard InChI is InChI=1S/C21H25NOS/c1-22(2)14-6-13-21(23)19-8-5-4-7-16(19)9-10-17-11-12-18(24-3)15-20(17)21/h4-5,7-12,15,23H,6,13-14H2,1-3H3. The highest BCUT2D eigenvalue weighted by Crippen LogP contribution is 2.42. The normalized spacial score (nSPS) is 19.0. The van der Waals surface area contributed by atoms with Crippen molar-refractivity contribution in [1.29, 1.82) is 0 Å². The summed E-state index contributed by atoms with van der Waals surface area (Å²) in [5.74, 6) is 0. The van der Waals surface area contributed by atoms with Crippen LogP contribution in [-0.2, 0) is 5.60 Å². The van der Waals surface area contributed by atoms with Crippen LogP contribution in [0, 0.1) is 0 Å². The molecule has 2 aromatic rings. The topological polar surface area (TPSA) is 23.5 Å². The molecule has 2 nitrogen and oxygen atoms in total. The van der Waals surface area contributed by atoms with Gasteiger partial charge in [-0.15, -0.1) is 11.8 Å². The van der Waals surface area contributed by atoms with Crippen LogP contribution in [0.2, 0.25) is 0 Å². The van der Waals surface area contributed by atoms with Crippen molar-refractivity contribution >= 4 is 23.9 Å². The lowest BCUT2D eigenvalue weighted by molar-refractivity contribution is 0.0661. The molecule has 0 spiro atoms. The first-order chi connectivity index (χ1) is 11.5. The number of thioether (sulfide) groups is 1. The Morgan fingerprint density at radius 1 is 1.00 bits per heavy atom. The fourth-order valence-electron chi connectivity index (χ4n) is 3.43. The van der Waals surface area contributed by atoms with Crippen LogP contribution in [0.25, 0.3) is 12.2 Å². The maximum Gasteiger partial charge on any atom is 0.116 e. The summed E-state index contributed by atoms with van der Waals surface area (Å²) >= 11 is 1.72. The molecule has 1 aliphatic rings. The molecule has 1 unspecified atom stereocenters. The summed E-state index contributed by atoms with van der Waals surface area (Å²) in [5, 5.41) is 11.8. The maximum atomic E-state index is 11.8. The summed E-state index contributed by atoms with van der Waals surface area (Å²) in [6.07, 6.45) is 7.99. The fourth-order valence-corrected chi connectivity index (χ4v) is 3.87. The minimum Gasteiger partial charge on any atom is -0.380 e. The predicted molar refractivity (Wildman–Crippen MR) is 104 cm³/mol. The summed E-state index contributed by atoms with van der Waals surface area (Å²) in [4.78, 5) is 3.36. The molecule has 0 amide bonds. The van der Waals surface area contributed by atoms with Crippen molar-refractivity contribution in [3.05, 3.63) is 64.7 Å². The number of aliphatic hydroxyl groups is 1. The minimum atomic E-state index is -0.947. The molecule has 1 aliphatic carbocycles. The second-order valence-electron chi connectivity index (χ2n) is 6.64. The number of hydrogen-bond donors (Lipinski definition) is 1. The van der Waals surface area contributed by atoms with Gasteiger partial charge in [0.15, 0.2) is 0 Å². The van der Waals surface area contributed by atoms with Crippen LogP contribution in [0.3, 0.4) is 0 Å². The Labute approximate surface area is 149 Å². The van der Waals surface area contributed by atoms with Crippen LogP contribution in [0.4, 0.5) is 0 Å². The van der Waals surface area contributed by atoms with E-state index in [1.807, 2.05) is 12.1 Å². The lowest BCUT2D eigenvalue weighted by atomic mass is 9.80. The molecule has 126 valence electrons. The third-order valence-corrected chi connectivity index (χ3v) is 5.42. The van der Waals surface area contributed by atoms with Gasteiger partial charge in [-0.25, -0.2) is 0 Å². The van der Waals surface area contributed by atoms with E-state index in [0.717, 1.165) is 35.2 Å². The van der Waals surface area contributed by atoms with Crippen LogP contribution in [0.1, 0.15) is 35.1 Å². The van der Waals surface area contributed by atoms with E-state index in [1.165, 1.54) is 4.90 Å². The Morgan fingerprint density at radius 2 is 1.71 bits per heavy atom. The summed E-state index contributed by atoms with van der Waals surface area (Å²) < 4.78 is 0. The quantitative estimate of drug-likeness (QED) is 0.813. The van der Waals surface area contributed by atoms with Gasteiger partial charge in [-0.1, -0.05) is 42.5 Å². The summed E-state index contributed by atoms with van der Waals surface area (Å²) in [6.45, 7) is 0.968. The van der Waals surface area contributed by atoms with E-state index in [4.69, 9.17) is 0 Å². The molecule has 1 N–H and O–H groups in total. The molecule has 0 aromatic heterocycles. The van der Waals surface area contributed by atoms with Gasteiger partial charge in [0.1, 0.15) is 5.60 Å². The molecule has 0 radical (unpaired) electrons. The van der Waals surface area contributed by atoms with E-state index in [0.29, 0.717) is 6.42 Å². The van der Waals surface area contributed by atoms with Crippen molar-refractivity contribution in [3.8, 4) is 0 Å².